The average Bonchev–Trinajstić information content (AvgIpc) is 3.34. The number of sulfonamides is 1. The number of thiophene rings is 1. The molecule has 0 aliphatic heterocycles. The molecule has 0 amide bonds. The van der Waals surface area contributed by atoms with Gasteiger partial charge in [0.2, 0.25) is 15.8 Å². The summed E-state index contributed by atoms with van der Waals surface area (Å²) in [5, 5.41) is 3.67. The standard InChI is InChI=1S/C18H16F3N3O5S2/c1-31(26,27)22-9-8-13-6-7-14(30-13)17(25)28-10-15-23-16(24-29-15)11-2-4-12(5-3-11)18(19,20)21/h2-7,22H,8-10H2,1H3. The fourth-order valence-corrected chi connectivity index (χ4v) is 3.79. The maximum atomic E-state index is 12.6. The highest BCUT2D eigenvalue weighted by Gasteiger charge is 2.30. The third-order valence-electron chi connectivity index (χ3n) is 3.86. The van der Waals surface area contributed by atoms with Crippen molar-refractivity contribution >= 4 is 27.3 Å². The lowest BCUT2D eigenvalue weighted by Crippen LogP contribution is -2.23. The molecule has 0 bridgehead atoms. The number of nitrogens with zero attached hydrogens (tertiary/aromatic N) is 2. The summed E-state index contributed by atoms with van der Waals surface area (Å²) in [4.78, 5) is 17.3. The van der Waals surface area contributed by atoms with E-state index in [-0.39, 0.29) is 24.9 Å². The van der Waals surface area contributed by atoms with E-state index in [2.05, 4.69) is 14.9 Å². The SMILES string of the molecule is CS(=O)(=O)NCCc1ccc(C(=O)OCc2nc(-c3ccc(C(F)(F)F)cc3)no2)s1. The van der Waals surface area contributed by atoms with Crippen LogP contribution < -0.4 is 4.72 Å². The van der Waals surface area contributed by atoms with Crippen molar-refractivity contribution in [2.24, 2.45) is 0 Å². The fourth-order valence-electron chi connectivity index (χ4n) is 2.42. The highest BCUT2D eigenvalue weighted by molar-refractivity contribution is 7.88. The van der Waals surface area contributed by atoms with Crippen LogP contribution in [0.1, 0.15) is 26.0 Å². The molecule has 0 unspecified atom stereocenters. The molecule has 8 nitrogen and oxygen atoms in total. The van der Waals surface area contributed by atoms with Crippen LogP contribution >= 0.6 is 11.3 Å². The Morgan fingerprint density at radius 1 is 1.19 bits per heavy atom. The Bertz CT molecular complexity index is 1150. The molecular formula is C18H16F3N3O5S2. The van der Waals surface area contributed by atoms with Gasteiger partial charge in [0.25, 0.3) is 5.89 Å². The number of halogens is 3. The molecule has 0 fully saturated rings. The van der Waals surface area contributed by atoms with Gasteiger partial charge in [0.1, 0.15) is 4.88 Å². The van der Waals surface area contributed by atoms with Crippen molar-refractivity contribution in [1.82, 2.24) is 14.9 Å². The Balaban J connectivity index is 1.54. The van der Waals surface area contributed by atoms with Gasteiger partial charge in [0.15, 0.2) is 6.61 Å². The summed E-state index contributed by atoms with van der Waals surface area (Å²) >= 11 is 1.16. The molecule has 0 aliphatic rings. The monoisotopic (exact) mass is 475 g/mol. The molecule has 1 aromatic carbocycles. The molecule has 166 valence electrons. The molecule has 13 heteroatoms. The van der Waals surface area contributed by atoms with Gasteiger partial charge >= 0.3 is 12.1 Å². The van der Waals surface area contributed by atoms with Crippen LogP contribution in [0.4, 0.5) is 13.2 Å². The van der Waals surface area contributed by atoms with Crippen LogP contribution in [0.5, 0.6) is 0 Å². The number of esters is 1. The van der Waals surface area contributed by atoms with Gasteiger partial charge in [-0.3, -0.25) is 0 Å². The zero-order valence-electron chi connectivity index (χ0n) is 16.0. The number of hydrogen-bond acceptors (Lipinski definition) is 8. The normalized spacial score (nSPS) is 12.1. The lowest BCUT2D eigenvalue weighted by Gasteiger charge is -2.05. The van der Waals surface area contributed by atoms with Gasteiger partial charge in [-0.05, 0) is 30.7 Å². The molecule has 0 atom stereocenters. The maximum absolute atomic E-state index is 12.6. The van der Waals surface area contributed by atoms with Crippen LogP contribution in [0.25, 0.3) is 11.4 Å². The third-order valence-corrected chi connectivity index (χ3v) is 5.72. The number of carbonyl (C=O) groups is 1. The first kappa shape index (κ1) is 22.9. The van der Waals surface area contributed by atoms with Crippen LogP contribution in [0.3, 0.4) is 0 Å². The minimum Gasteiger partial charge on any atom is -0.451 e. The number of alkyl halides is 3. The predicted octanol–water partition coefficient (Wildman–Crippen LogP) is 3.27. The Morgan fingerprint density at radius 2 is 1.90 bits per heavy atom. The van der Waals surface area contributed by atoms with E-state index in [1.54, 1.807) is 12.1 Å². The molecule has 2 aromatic heterocycles. The van der Waals surface area contributed by atoms with Gasteiger partial charge in [-0.1, -0.05) is 17.3 Å². The second-order valence-electron chi connectivity index (χ2n) is 6.35. The molecule has 3 rings (SSSR count). The summed E-state index contributed by atoms with van der Waals surface area (Å²) in [6, 6.07) is 7.51. The lowest BCUT2D eigenvalue weighted by molar-refractivity contribution is -0.137. The predicted molar refractivity (Wildman–Crippen MR) is 105 cm³/mol. The highest BCUT2D eigenvalue weighted by atomic mass is 32.2. The van der Waals surface area contributed by atoms with Gasteiger partial charge in [0.05, 0.1) is 11.8 Å². The second kappa shape index (κ2) is 9.16. The quantitative estimate of drug-likeness (QED) is 0.498. The van der Waals surface area contributed by atoms with Crippen molar-refractivity contribution < 1.29 is 35.6 Å². The molecule has 0 radical (unpaired) electrons. The lowest BCUT2D eigenvalue weighted by atomic mass is 10.1. The van der Waals surface area contributed by atoms with Gasteiger partial charge in [0, 0.05) is 17.0 Å². The van der Waals surface area contributed by atoms with Gasteiger partial charge < -0.3 is 9.26 Å². The summed E-state index contributed by atoms with van der Waals surface area (Å²) in [5.41, 5.74) is -0.476. The number of benzene rings is 1. The zero-order valence-corrected chi connectivity index (χ0v) is 17.6. The van der Waals surface area contributed by atoms with Crippen molar-refractivity contribution in [1.29, 1.82) is 0 Å². The molecule has 0 aliphatic carbocycles. The smallest absolute Gasteiger partial charge is 0.416 e. The zero-order chi connectivity index (χ0) is 22.6. The van der Waals surface area contributed by atoms with Crippen LogP contribution in [0, 0.1) is 0 Å². The average molecular weight is 475 g/mol. The van der Waals surface area contributed by atoms with E-state index < -0.39 is 27.7 Å². The van der Waals surface area contributed by atoms with E-state index >= 15 is 0 Å². The summed E-state index contributed by atoms with van der Waals surface area (Å²) in [6.45, 7) is -0.0993. The first-order chi connectivity index (χ1) is 14.5. The molecular weight excluding hydrogens is 459 g/mol. The van der Waals surface area contributed by atoms with E-state index in [0.29, 0.717) is 16.9 Å². The molecule has 31 heavy (non-hydrogen) atoms. The second-order valence-corrected chi connectivity index (χ2v) is 9.35. The van der Waals surface area contributed by atoms with Crippen LogP contribution in [-0.4, -0.2) is 37.3 Å². The number of carbonyl (C=O) groups excluding carboxylic acids is 1. The number of nitrogens with one attached hydrogen (secondary N) is 1. The summed E-state index contributed by atoms with van der Waals surface area (Å²) in [6.07, 6.45) is -2.96. The van der Waals surface area contributed by atoms with E-state index in [0.717, 1.165) is 34.6 Å². The number of aromatic nitrogens is 2. The first-order valence-corrected chi connectivity index (χ1v) is 11.4. The van der Waals surface area contributed by atoms with Crippen LogP contribution in [0.2, 0.25) is 0 Å². The molecule has 0 saturated heterocycles. The van der Waals surface area contributed by atoms with E-state index in [4.69, 9.17) is 9.26 Å². The minimum absolute atomic E-state index is 0.0163. The summed E-state index contributed by atoms with van der Waals surface area (Å²) in [7, 11) is -3.28. The Labute approximate surface area is 179 Å². The van der Waals surface area contributed by atoms with Gasteiger partial charge in [-0.15, -0.1) is 11.3 Å². The summed E-state index contributed by atoms with van der Waals surface area (Å²) in [5.74, 6) is -0.574. The van der Waals surface area contributed by atoms with Gasteiger partial charge in [-0.25, -0.2) is 17.9 Å². The van der Waals surface area contributed by atoms with Gasteiger partial charge in [-0.2, -0.15) is 18.2 Å². The maximum Gasteiger partial charge on any atom is 0.416 e. The van der Waals surface area contributed by atoms with Crippen molar-refractivity contribution in [3.8, 4) is 11.4 Å². The topological polar surface area (TPSA) is 111 Å². The Kier molecular flexibility index (Phi) is 6.77. The first-order valence-electron chi connectivity index (χ1n) is 8.72. The van der Waals surface area contributed by atoms with E-state index in [1.807, 2.05) is 0 Å². The number of hydrogen-bond donors (Lipinski definition) is 1. The van der Waals surface area contributed by atoms with Crippen molar-refractivity contribution in [2.45, 2.75) is 19.2 Å². The number of rotatable bonds is 8. The van der Waals surface area contributed by atoms with Crippen LogP contribution in [0.15, 0.2) is 40.9 Å². The molecule has 0 saturated carbocycles. The molecule has 1 N–H and O–H groups in total. The third kappa shape index (κ3) is 6.60. The van der Waals surface area contributed by atoms with E-state index in [9.17, 15) is 26.4 Å². The van der Waals surface area contributed by atoms with E-state index in [1.165, 1.54) is 12.1 Å². The molecule has 3 aromatic rings. The number of ether oxygens (including phenoxy) is 1. The Morgan fingerprint density at radius 3 is 2.55 bits per heavy atom. The fraction of sp³-hybridized carbons (Fsp3) is 0.278. The Hall–Kier alpha value is -2.77. The minimum atomic E-state index is -4.44. The highest BCUT2D eigenvalue weighted by Crippen LogP contribution is 2.30. The van der Waals surface area contributed by atoms with Crippen LogP contribution in [-0.2, 0) is 34.0 Å². The van der Waals surface area contributed by atoms with Crippen molar-refractivity contribution in [3.05, 3.63) is 57.6 Å². The summed E-state index contributed by atoms with van der Waals surface area (Å²) < 4.78 is 72.4. The molecule has 2 heterocycles. The van der Waals surface area contributed by atoms with Crippen molar-refractivity contribution in [3.63, 3.8) is 0 Å². The van der Waals surface area contributed by atoms with Crippen molar-refractivity contribution in [2.75, 3.05) is 12.8 Å². The largest absolute Gasteiger partial charge is 0.451 e. The molecule has 0 spiro atoms.